The van der Waals surface area contributed by atoms with Gasteiger partial charge in [0.15, 0.2) is 0 Å². The maximum atomic E-state index is 3.57. The fourth-order valence-corrected chi connectivity index (χ4v) is 2.75. The highest BCUT2D eigenvalue weighted by Gasteiger charge is 2.05. The van der Waals surface area contributed by atoms with Crippen molar-refractivity contribution in [1.29, 1.82) is 0 Å². The van der Waals surface area contributed by atoms with Crippen molar-refractivity contribution in [1.82, 2.24) is 5.32 Å². The van der Waals surface area contributed by atoms with Crippen LogP contribution >= 0.6 is 31.9 Å². The van der Waals surface area contributed by atoms with Gasteiger partial charge in [-0.2, -0.15) is 0 Å². The molecular formula is C16H17Br2N. The molecule has 0 saturated carbocycles. The van der Waals surface area contributed by atoms with Crippen LogP contribution < -0.4 is 5.32 Å². The Morgan fingerprint density at radius 3 is 2.58 bits per heavy atom. The van der Waals surface area contributed by atoms with Crippen molar-refractivity contribution < 1.29 is 0 Å². The second-order valence-electron chi connectivity index (χ2n) is 4.74. The summed E-state index contributed by atoms with van der Waals surface area (Å²) < 4.78 is 2.29. The molecular weight excluding hydrogens is 366 g/mol. The van der Waals surface area contributed by atoms with Crippen LogP contribution in [0.3, 0.4) is 0 Å². The van der Waals surface area contributed by atoms with Gasteiger partial charge in [0, 0.05) is 21.5 Å². The summed E-state index contributed by atoms with van der Waals surface area (Å²) in [5.74, 6) is 0. The van der Waals surface area contributed by atoms with Crippen molar-refractivity contribution in [2.24, 2.45) is 0 Å². The standard InChI is InChI=1S/C16H17Br2N/c1-11-6-7-13(8-16(11)18)10-19-12(2)14-4-3-5-15(17)9-14/h3-9,12,19H,10H2,1-2H3. The lowest BCUT2D eigenvalue weighted by Gasteiger charge is -2.15. The minimum absolute atomic E-state index is 0.331. The van der Waals surface area contributed by atoms with Gasteiger partial charge in [0.2, 0.25) is 0 Å². The van der Waals surface area contributed by atoms with Crippen LogP contribution in [0.1, 0.15) is 29.7 Å². The molecule has 3 heteroatoms. The van der Waals surface area contributed by atoms with Gasteiger partial charge in [-0.25, -0.2) is 0 Å². The molecule has 0 fully saturated rings. The van der Waals surface area contributed by atoms with Gasteiger partial charge in [-0.15, -0.1) is 0 Å². The first-order valence-corrected chi connectivity index (χ1v) is 7.89. The summed E-state index contributed by atoms with van der Waals surface area (Å²) >= 11 is 7.08. The minimum Gasteiger partial charge on any atom is -0.306 e. The van der Waals surface area contributed by atoms with Crippen LogP contribution in [-0.2, 0) is 6.54 Å². The third-order valence-corrected chi connectivity index (χ3v) is 4.54. The van der Waals surface area contributed by atoms with Gasteiger partial charge in [0.05, 0.1) is 0 Å². The molecule has 1 atom stereocenters. The van der Waals surface area contributed by atoms with E-state index in [-0.39, 0.29) is 0 Å². The highest BCUT2D eigenvalue weighted by atomic mass is 79.9. The smallest absolute Gasteiger partial charge is 0.0295 e. The molecule has 0 spiro atoms. The molecule has 1 unspecified atom stereocenters. The molecule has 0 bridgehead atoms. The van der Waals surface area contributed by atoms with Crippen LogP contribution in [0, 0.1) is 6.92 Å². The van der Waals surface area contributed by atoms with Gasteiger partial charge in [0.25, 0.3) is 0 Å². The van der Waals surface area contributed by atoms with E-state index in [0.717, 1.165) is 11.0 Å². The highest BCUT2D eigenvalue weighted by molar-refractivity contribution is 9.10. The molecule has 0 amide bonds. The van der Waals surface area contributed by atoms with Crippen molar-refractivity contribution >= 4 is 31.9 Å². The summed E-state index contributed by atoms with van der Waals surface area (Å²) in [6, 6.07) is 15.2. The molecule has 0 aromatic heterocycles. The summed E-state index contributed by atoms with van der Waals surface area (Å²) in [6.07, 6.45) is 0. The number of rotatable bonds is 4. The Labute approximate surface area is 131 Å². The van der Waals surface area contributed by atoms with Gasteiger partial charge < -0.3 is 5.32 Å². The molecule has 0 aliphatic carbocycles. The number of hydrogen-bond acceptors (Lipinski definition) is 1. The molecule has 0 radical (unpaired) electrons. The molecule has 0 heterocycles. The lowest BCUT2D eigenvalue weighted by atomic mass is 10.1. The monoisotopic (exact) mass is 381 g/mol. The SMILES string of the molecule is Cc1ccc(CNC(C)c2cccc(Br)c2)cc1Br. The molecule has 0 aliphatic rings. The van der Waals surface area contributed by atoms with E-state index in [1.54, 1.807) is 0 Å². The van der Waals surface area contributed by atoms with Crippen LogP contribution in [0.25, 0.3) is 0 Å². The zero-order valence-electron chi connectivity index (χ0n) is 11.1. The molecule has 1 N–H and O–H groups in total. The molecule has 100 valence electrons. The van der Waals surface area contributed by atoms with Gasteiger partial charge in [-0.1, -0.05) is 56.1 Å². The molecule has 2 aromatic carbocycles. The quantitative estimate of drug-likeness (QED) is 0.749. The lowest BCUT2D eigenvalue weighted by molar-refractivity contribution is 0.574. The molecule has 0 saturated heterocycles. The van der Waals surface area contributed by atoms with Crippen molar-refractivity contribution in [3.05, 3.63) is 68.1 Å². The Morgan fingerprint density at radius 1 is 1.11 bits per heavy atom. The van der Waals surface area contributed by atoms with E-state index >= 15 is 0 Å². The van der Waals surface area contributed by atoms with Gasteiger partial charge in [-0.05, 0) is 48.7 Å². The zero-order valence-corrected chi connectivity index (χ0v) is 14.3. The van der Waals surface area contributed by atoms with E-state index in [4.69, 9.17) is 0 Å². The average Bonchev–Trinajstić information content (AvgIpc) is 2.40. The average molecular weight is 383 g/mol. The summed E-state index contributed by atoms with van der Waals surface area (Å²) in [7, 11) is 0. The highest BCUT2D eigenvalue weighted by Crippen LogP contribution is 2.20. The van der Waals surface area contributed by atoms with Crippen LogP contribution in [-0.4, -0.2) is 0 Å². The third-order valence-electron chi connectivity index (χ3n) is 3.20. The van der Waals surface area contributed by atoms with Gasteiger partial charge in [-0.3, -0.25) is 0 Å². The van der Waals surface area contributed by atoms with E-state index in [9.17, 15) is 0 Å². The van der Waals surface area contributed by atoms with Gasteiger partial charge in [0.1, 0.15) is 0 Å². The zero-order chi connectivity index (χ0) is 13.8. The number of nitrogens with one attached hydrogen (secondary N) is 1. The lowest BCUT2D eigenvalue weighted by Crippen LogP contribution is -2.18. The second-order valence-corrected chi connectivity index (χ2v) is 6.51. The largest absolute Gasteiger partial charge is 0.306 e. The molecule has 19 heavy (non-hydrogen) atoms. The summed E-state index contributed by atoms with van der Waals surface area (Å²) in [6.45, 7) is 5.16. The fourth-order valence-electron chi connectivity index (χ4n) is 1.91. The normalized spacial score (nSPS) is 12.4. The first kappa shape index (κ1) is 14.8. The second kappa shape index (κ2) is 6.69. The number of hydrogen-bond donors (Lipinski definition) is 1. The van der Waals surface area contributed by atoms with E-state index in [0.29, 0.717) is 6.04 Å². The Balaban J connectivity index is 2.00. The summed E-state index contributed by atoms with van der Waals surface area (Å²) in [4.78, 5) is 0. The molecule has 0 aliphatic heterocycles. The predicted molar refractivity (Wildman–Crippen MR) is 88.3 cm³/mol. The molecule has 1 nitrogen and oxygen atoms in total. The topological polar surface area (TPSA) is 12.0 Å². The van der Waals surface area contributed by atoms with E-state index in [2.05, 4.69) is 87.4 Å². The number of benzene rings is 2. The fraction of sp³-hybridized carbons (Fsp3) is 0.250. The van der Waals surface area contributed by atoms with Crippen LogP contribution in [0.5, 0.6) is 0 Å². The van der Waals surface area contributed by atoms with Crippen molar-refractivity contribution in [3.8, 4) is 0 Å². The maximum Gasteiger partial charge on any atom is 0.0295 e. The van der Waals surface area contributed by atoms with E-state index in [1.165, 1.54) is 21.2 Å². The Kier molecular flexibility index (Phi) is 5.20. The van der Waals surface area contributed by atoms with Crippen LogP contribution in [0.15, 0.2) is 51.4 Å². The van der Waals surface area contributed by atoms with Gasteiger partial charge >= 0.3 is 0 Å². The minimum atomic E-state index is 0.331. The van der Waals surface area contributed by atoms with Crippen molar-refractivity contribution in [3.63, 3.8) is 0 Å². The Morgan fingerprint density at radius 2 is 1.89 bits per heavy atom. The molecule has 2 aromatic rings. The van der Waals surface area contributed by atoms with Crippen LogP contribution in [0.2, 0.25) is 0 Å². The number of halogens is 2. The summed E-state index contributed by atoms with van der Waals surface area (Å²) in [5.41, 5.74) is 3.85. The Bertz CT molecular complexity index is 566. The number of aryl methyl sites for hydroxylation is 1. The third kappa shape index (κ3) is 4.16. The predicted octanol–water partition coefficient (Wildman–Crippen LogP) is 5.37. The van der Waals surface area contributed by atoms with E-state index in [1.807, 2.05) is 6.07 Å². The maximum absolute atomic E-state index is 3.57. The summed E-state index contributed by atoms with van der Waals surface area (Å²) in [5, 5.41) is 3.55. The van der Waals surface area contributed by atoms with Crippen molar-refractivity contribution in [2.75, 3.05) is 0 Å². The van der Waals surface area contributed by atoms with Crippen LogP contribution in [0.4, 0.5) is 0 Å². The molecule has 2 rings (SSSR count). The first-order valence-electron chi connectivity index (χ1n) is 6.30. The Hall–Kier alpha value is -0.640. The first-order chi connectivity index (χ1) is 9.06. The van der Waals surface area contributed by atoms with E-state index < -0.39 is 0 Å². The van der Waals surface area contributed by atoms with Crippen molar-refractivity contribution in [2.45, 2.75) is 26.4 Å².